The quantitative estimate of drug-likeness (QED) is 0.405. The van der Waals surface area contributed by atoms with Crippen molar-refractivity contribution in [2.24, 2.45) is 5.92 Å². The first-order chi connectivity index (χ1) is 6.67. The molecule has 1 aliphatic carbocycles. The first kappa shape index (κ1) is 12.5. The molecule has 0 heterocycles. The molecule has 0 bridgehead atoms. The van der Waals surface area contributed by atoms with Crippen LogP contribution in [0.4, 0.5) is 13.2 Å². The van der Waals surface area contributed by atoms with Crippen LogP contribution < -0.4 is 0 Å². The standard InChI is InChI=1S/C8H12BF3O3/c1-3-4(2-13)6(14)7(15,5(3)9)8(10,11)12/h4-6,13-15H,1-2,9H2/t4-,5+,6+,7-/m0/s1. The van der Waals surface area contributed by atoms with E-state index in [2.05, 4.69) is 6.58 Å². The van der Waals surface area contributed by atoms with Crippen molar-refractivity contribution >= 4 is 7.85 Å². The maximum absolute atomic E-state index is 12.6. The SMILES string of the molecule is B[C@@H]1C(=C)[C@H](CO)[C@@H](O)[C@]1(O)C(F)(F)F. The molecular weight excluding hydrogens is 212 g/mol. The average Bonchev–Trinajstić information content (AvgIpc) is 2.28. The highest BCUT2D eigenvalue weighted by Crippen LogP contribution is 2.53. The Morgan fingerprint density at radius 2 is 1.93 bits per heavy atom. The predicted molar refractivity (Wildman–Crippen MR) is 49.0 cm³/mol. The highest BCUT2D eigenvalue weighted by atomic mass is 19.4. The maximum atomic E-state index is 12.6. The fraction of sp³-hybridized carbons (Fsp3) is 0.750. The molecule has 0 unspecified atom stereocenters. The van der Waals surface area contributed by atoms with Crippen molar-refractivity contribution in [3.63, 3.8) is 0 Å². The summed E-state index contributed by atoms with van der Waals surface area (Å²) in [4.78, 5) is 0. The zero-order valence-corrected chi connectivity index (χ0v) is 8.12. The van der Waals surface area contributed by atoms with Crippen molar-refractivity contribution in [3.8, 4) is 0 Å². The van der Waals surface area contributed by atoms with Crippen LogP contribution in [0.3, 0.4) is 0 Å². The van der Waals surface area contributed by atoms with Crippen LogP contribution in [0.15, 0.2) is 12.2 Å². The van der Waals surface area contributed by atoms with Crippen molar-refractivity contribution in [3.05, 3.63) is 12.2 Å². The second-order valence-electron chi connectivity index (χ2n) is 3.85. The predicted octanol–water partition coefficient (Wildman–Crippen LogP) is -0.759. The Kier molecular flexibility index (Phi) is 2.93. The summed E-state index contributed by atoms with van der Waals surface area (Å²) in [7, 11) is 1.13. The molecule has 0 aromatic rings. The number of rotatable bonds is 1. The van der Waals surface area contributed by atoms with Gasteiger partial charge in [0.2, 0.25) is 0 Å². The molecule has 0 radical (unpaired) electrons. The smallest absolute Gasteiger partial charge is 0.396 e. The first-order valence-electron chi connectivity index (χ1n) is 4.44. The molecule has 1 fully saturated rings. The van der Waals surface area contributed by atoms with Gasteiger partial charge >= 0.3 is 6.18 Å². The third-order valence-electron chi connectivity index (χ3n) is 3.18. The van der Waals surface area contributed by atoms with Crippen LogP contribution >= 0.6 is 0 Å². The van der Waals surface area contributed by atoms with E-state index in [1.165, 1.54) is 0 Å². The van der Waals surface area contributed by atoms with Crippen LogP contribution in [0, 0.1) is 5.92 Å². The van der Waals surface area contributed by atoms with Gasteiger partial charge in [0.15, 0.2) is 5.60 Å². The van der Waals surface area contributed by atoms with Gasteiger partial charge in [0.05, 0.1) is 6.61 Å². The third-order valence-corrected chi connectivity index (χ3v) is 3.18. The topological polar surface area (TPSA) is 60.7 Å². The molecule has 0 saturated heterocycles. The van der Waals surface area contributed by atoms with Crippen LogP contribution in [-0.4, -0.2) is 47.7 Å². The van der Waals surface area contributed by atoms with E-state index in [1.54, 1.807) is 0 Å². The molecule has 0 aliphatic heterocycles. The molecule has 0 aromatic heterocycles. The van der Waals surface area contributed by atoms with Crippen LogP contribution in [0.25, 0.3) is 0 Å². The molecule has 1 saturated carbocycles. The van der Waals surface area contributed by atoms with Gasteiger partial charge in [0.1, 0.15) is 14.0 Å². The Bertz CT molecular complexity index is 281. The summed E-state index contributed by atoms with van der Waals surface area (Å²) in [6, 6.07) is 0. The minimum absolute atomic E-state index is 0.0184. The third kappa shape index (κ3) is 1.49. The maximum Gasteiger partial charge on any atom is 0.419 e. The Morgan fingerprint density at radius 3 is 2.13 bits per heavy atom. The van der Waals surface area contributed by atoms with Gasteiger partial charge in [-0.05, 0) is 5.82 Å². The van der Waals surface area contributed by atoms with Crippen LogP contribution in [0.5, 0.6) is 0 Å². The highest BCUT2D eigenvalue weighted by Gasteiger charge is 2.67. The van der Waals surface area contributed by atoms with Gasteiger partial charge in [-0.3, -0.25) is 0 Å². The molecule has 3 nitrogen and oxygen atoms in total. The average molecular weight is 224 g/mol. The molecule has 3 N–H and O–H groups in total. The number of alkyl halides is 3. The lowest BCUT2D eigenvalue weighted by Crippen LogP contribution is -2.55. The van der Waals surface area contributed by atoms with Crippen LogP contribution in [0.2, 0.25) is 5.82 Å². The van der Waals surface area contributed by atoms with E-state index in [1.807, 2.05) is 0 Å². The summed E-state index contributed by atoms with van der Waals surface area (Å²) in [5, 5.41) is 27.7. The Morgan fingerprint density at radius 1 is 1.47 bits per heavy atom. The molecule has 0 amide bonds. The second kappa shape index (κ2) is 3.50. The van der Waals surface area contributed by atoms with E-state index >= 15 is 0 Å². The molecule has 0 spiro atoms. The molecular formula is C8H12BF3O3. The van der Waals surface area contributed by atoms with Crippen molar-refractivity contribution in [2.45, 2.75) is 23.7 Å². The normalized spacial score (nSPS) is 42.3. The van der Waals surface area contributed by atoms with Crippen LogP contribution in [0.1, 0.15) is 0 Å². The van der Waals surface area contributed by atoms with E-state index in [4.69, 9.17) is 5.11 Å². The number of hydrogen-bond donors (Lipinski definition) is 3. The summed E-state index contributed by atoms with van der Waals surface area (Å²) < 4.78 is 37.8. The molecule has 86 valence electrons. The number of hydrogen-bond acceptors (Lipinski definition) is 3. The van der Waals surface area contributed by atoms with Gasteiger partial charge in [-0.25, -0.2) is 0 Å². The molecule has 0 aromatic carbocycles. The summed E-state index contributed by atoms with van der Waals surface area (Å²) in [5.41, 5.74) is -3.19. The molecule has 4 atom stereocenters. The van der Waals surface area contributed by atoms with E-state index in [0.717, 1.165) is 7.85 Å². The minimum atomic E-state index is -4.95. The summed E-state index contributed by atoms with van der Waals surface area (Å²) >= 11 is 0. The molecule has 15 heavy (non-hydrogen) atoms. The van der Waals surface area contributed by atoms with E-state index in [-0.39, 0.29) is 5.57 Å². The lowest BCUT2D eigenvalue weighted by molar-refractivity contribution is -0.284. The van der Waals surface area contributed by atoms with Crippen molar-refractivity contribution in [1.29, 1.82) is 0 Å². The largest absolute Gasteiger partial charge is 0.419 e. The Hall–Kier alpha value is -0.525. The van der Waals surface area contributed by atoms with Crippen molar-refractivity contribution in [1.82, 2.24) is 0 Å². The highest BCUT2D eigenvalue weighted by molar-refractivity contribution is 6.15. The first-order valence-corrected chi connectivity index (χ1v) is 4.44. The van der Waals surface area contributed by atoms with Gasteiger partial charge < -0.3 is 15.3 Å². The van der Waals surface area contributed by atoms with Crippen molar-refractivity contribution < 1.29 is 28.5 Å². The van der Waals surface area contributed by atoms with E-state index in [0.29, 0.717) is 0 Å². The lowest BCUT2D eigenvalue weighted by Gasteiger charge is -2.33. The molecule has 1 rings (SSSR count). The zero-order chi connectivity index (χ0) is 12.0. The van der Waals surface area contributed by atoms with Gasteiger partial charge in [0, 0.05) is 5.92 Å². The number of aliphatic hydroxyl groups is 3. The molecule has 1 aliphatic rings. The van der Waals surface area contributed by atoms with Gasteiger partial charge in [0.25, 0.3) is 0 Å². The fourth-order valence-corrected chi connectivity index (χ4v) is 2.00. The van der Waals surface area contributed by atoms with Crippen molar-refractivity contribution in [2.75, 3.05) is 6.61 Å². The Balaban J connectivity index is 3.17. The number of aliphatic hydroxyl groups excluding tert-OH is 2. The van der Waals surface area contributed by atoms with Gasteiger partial charge in [-0.1, -0.05) is 12.2 Å². The second-order valence-corrected chi connectivity index (χ2v) is 3.85. The van der Waals surface area contributed by atoms with Gasteiger partial charge in [-0.2, -0.15) is 13.2 Å². The van der Waals surface area contributed by atoms with E-state index in [9.17, 15) is 23.4 Å². The van der Waals surface area contributed by atoms with Gasteiger partial charge in [-0.15, -0.1) is 0 Å². The Labute approximate surface area is 85.6 Å². The van der Waals surface area contributed by atoms with E-state index < -0.39 is 36.2 Å². The minimum Gasteiger partial charge on any atom is -0.396 e. The summed E-state index contributed by atoms with van der Waals surface area (Å²) in [6.45, 7) is 2.70. The summed E-state index contributed by atoms with van der Waals surface area (Å²) in [5.74, 6) is -2.46. The fourth-order valence-electron chi connectivity index (χ4n) is 2.00. The lowest BCUT2D eigenvalue weighted by atomic mass is 9.73. The monoisotopic (exact) mass is 224 g/mol. The zero-order valence-electron chi connectivity index (χ0n) is 8.12. The molecule has 7 heteroatoms. The van der Waals surface area contributed by atoms with Crippen LogP contribution in [-0.2, 0) is 0 Å². The summed E-state index contributed by atoms with van der Waals surface area (Å²) in [6.07, 6.45) is -7.01. The number of halogens is 3.